The summed E-state index contributed by atoms with van der Waals surface area (Å²) in [6.07, 6.45) is 5.19. The Morgan fingerprint density at radius 3 is 2.68 bits per heavy atom. The van der Waals surface area contributed by atoms with Gasteiger partial charge in [0.05, 0.1) is 25.8 Å². The van der Waals surface area contributed by atoms with Crippen LogP contribution >= 0.6 is 15.9 Å². The van der Waals surface area contributed by atoms with Crippen molar-refractivity contribution in [3.05, 3.63) is 64.0 Å². The van der Waals surface area contributed by atoms with Crippen LogP contribution in [0.2, 0.25) is 0 Å². The number of nitrogens with zero attached hydrogens (tertiary/aromatic N) is 3. The summed E-state index contributed by atoms with van der Waals surface area (Å²) in [5, 5.41) is 13.9. The zero-order valence-corrected chi connectivity index (χ0v) is 19.4. The number of aliphatic carboxylic acids is 1. The molecule has 1 aromatic carbocycles. The van der Waals surface area contributed by atoms with Gasteiger partial charge < -0.3 is 14.6 Å². The van der Waals surface area contributed by atoms with E-state index < -0.39 is 5.97 Å². The van der Waals surface area contributed by atoms with E-state index >= 15 is 0 Å². The van der Waals surface area contributed by atoms with Crippen molar-refractivity contribution in [1.29, 1.82) is 0 Å². The summed E-state index contributed by atoms with van der Waals surface area (Å²) in [6, 6.07) is 9.14. The van der Waals surface area contributed by atoms with Crippen molar-refractivity contribution < 1.29 is 19.4 Å². The predicted octanol–water partition coefficient (Wildman–Crippen LogP) is 4.80. The third-order valence-electron chi connectivity index (χ3n) is 4.77. The molecule has 0 saturated carbocycles. The Labute approximate surface area is 190 Å². The molecule has 2 aromatic heterocycles. The second-order valence-electron chi connectivity index (χ2n) is 7.44. The summed E-state index contributed by atoms with van der Waals surface area (Å²) in [5.41, 5.74) is 2.78. The molecular weight excluding hydrogens is 462 g/mol. The fourth-order valence-electron chi connectivity index (χ4n) is 3.35. The van der Waals surface area contributed by atoms with E-state index in [1.54, 1.807) is 31.5 Å². The number of ether oxygens (including phenoxy) is 2. The van der Waals surface area contributed by atoms with E-state index in [9.17, 15) is 4.79 Å². The molecule has 0 radical (unpaired) electrons. The number of carboxylic acid groups (broad SMARTS) is 1. The molecule has 0 saturated heterocycles. The number of pyridine rings is 1. The van der Waals surface area contributed by atoms with E-state index in [4.69, 9.17) is 19.7 Å². The average Bonchev–Trinajstić information content (AvgIpc) is 3.16. The van der Waals surface area contributed by atoms with E-state index in [2.05, 4.69) is 34.8 Å². The smallest absolute Gasteiger partial charge is 0.307 e. The van der Waals surface area contributed by atoms with Crippen molar-refractivity contribution in [2.24, 2.45) is 0 Å². The third-order valence-corrected chi connectivity index (χ3v) is 5.24. The van der Waals surface area contributed by atoms with E-state index in [0.717, 1.165) is 34.4 Å². The quantitative estimate of drug-likeness (QED) is 0.413. The van der Waals surface area contributed by atoms with Crippen LogP contribution in [-0.2, 0) is 17.6 Å². The SMILES string of the molecule is COc1cccc(CC(=O)O)c1OCCCc1cn(-c2ccc(Br)cn2)nc1C(C)C. The van der Waals surface area contributed by atoms with Crippen LogP contribution in [0.1, 0.15) is 43.0 Å². The first-order valence-corrected chi connectivity index (χ1v) is 10.9. The van der Waals surface area contributed by atoms with Crippen molar-refractivity contribution in [3.8, 4) is 17.3 Å². The van der Waals surface area contributed by atoms with Crippen molar-refractivity contribution in [3.63, 3.8) is 0 Å². The first-order chi connectivity index (χ1) is 14.9. The number of methoxy groups -OCH3 is 1. The van der Waals surface area contributed by atoms with Gasteiger partial charge in [0.15, 0.2) is 17.3 Å². The third kappa shape index (κ3) is 5.85. The highest BCUT2D eigenvalue weighted by molar-refractivity contribution is 9.10. The zero-order chi connectivity index (χ0) is 22.4. The van der Waals surface area contributed by atoms with Gasteiger partial charge in [-0.15, -0.1) is 0 Å². The fourth-order valence-corrected chi connectivity index (χ4v) is 3.58. The van der Waals surface area contributed by atoms with E-state index in [1.807, 2.05) is 23.0 Å². The fraction of sp³-hybridized carbons (Fsp3) is 0.348. The molecule has 0 aliphatic rings. The largest absolute Gasteiger partial charge is 0.493 e. The molecule has 0 aliphatic carbocycles. The second kappa shape index (κ2) is 10.4. The number of benzene rings is 1. The lowest BCUT2D eigenvalue weighted by atomic mass is 10.0. The van der Waals surface area contributed by atoms with Gasteiger partial charge in [0, 0.05) is 22.4 Å². The molecule has 164 valence electrons. The highest BCUT2D eigenvalue weighted by Gasteiger charge is 2.16. The number of carbonyl (C=O) groups is 1. The van der Waals surface area contributed by atoms with Gasteiger partial charge in [0.2, 0.25) is 0 Å². The zero-order valence-electron chi connectivity index (χ0n) is 17.8. The van der Waals surface area contributed by atoms with Crippen LogP contribution in [0, 0.1) is 0 Å². The summed E-state index contributed by atoms with van der Waals surface area (Å²) in [6.45, 7) is 4.68. The summed E-state index contributed by atoms with van der Waals surface area (Å²) in [4.78, 5) is 15.6. The monoisotopic (exact) mass is 487 g/mol. The van der Waals surface area contributed by atoms with E-state index in [1.165, 1.54) is 0 Å². The van der Waals surface area contributed by atoms with Gasteiger partial charge in [-0.2, -0.15) is 5.10 Å². The van der Waals surface area contributed by atoms with Crippen LogP contribution in [0.3, 0.4) is 0 Å². The summed E-state index contributed by atoms with van der Waals surface area (Å²) >= 11 is 3.40. The lowest BCUT2D eigenvalue weighted by Crippen LogP contribution is -2.07. The average molecular weight is 488 g/mol. The van der Waals surface area contributed by atoms with Crippen molar-refractivity contribution in [2.45, 2.75) is 39.0 Å². The predicted molar refractivity (Wildman–Crippen MR) is 121 cm³/mol. The molecule has 0 fully saturated rings. The number of aromatic nitrogens is 3. The lowest BCUT2D eigenvalue weighted by molar-refractivity contribution is -0.136. The normalized spacial score (nSPS) is 11.0. The molecule has 7 nitrogen and oxygen atoms in total. The molecule has 8 heteroatoms. The van der Waals surface area contributed by atoms with Gasteiger partial charge in [0.25, 0.3) is 0 Å². The molecule has 0 unspecified atom stereocenters. The molecule has 0 bridgehead atoms. The minimum absolute atomic E-state index is 0.114. The van der Waals surface area contributed by atoms with Crippen LogP contribution < -0.4 is 9.47 Å². The van der Waals surface area contributed by atoms with Gasteiger partial charge in [-0.25, -0.2) is 9.67 Å². The Morgan fingerprint density at radius 1 is 1.23 bits per heavy atom. The second-order valence-corrected chi connectivity index (χ2v) is 8.36. The van der Waals surface area contributed by atoms with Crippen LogP contribution in [0.15, 0.2) is 47.2 Å². The standard InChI is InChI=1S/C23H26BrN3O4/c1-15(2)22-17(14-27(26-22)20-10-9-18(24)13-25-20)7-5-11-31-23-16(12-21(28)29)6-4-8-19(23)30-3/h4,6,8-10,13-15H,5,7,11-12H2,1-3H3,(H,28,29). The Hall–Kier alpha value is -2.87. The molecule has 0 spiro atoms. The lowest BCUT2D eigenvalue weighted by Gasteiger charge is -2.14. The van der Waals surface area contributed by atoms with Crippen molar-refractivity contribution in [2.75, 3.05) is 13.7 Å². The minimum atomic E-state index is -0.909. The summed E-state index contributed by atoms with van der Waals surface area (Å²) in [7, 11) is 1.55. The molecule has 0 amide bonds. The maximum atomic E-state index is 11.2. The van der Waals surface area contributed by atoms with Crippen molar-refractivity contribution in [1.82, 2.24) is 14.8 Å². The van der Waals surface area contributed by atoms with E-state index in [0.29, 0.717) is 23.7 Å². The Kier molecular flexibility index (Phi) is 7.68. The number of hydrogen-bond acceptors (Lipinski definition) is 5. The molecule has 3 aromatic rings. The topological polar surface area (TPSA) is 86.5 Å². The first-order valence-electron chi connectivity index (χ1n) is 10.1. The molecule has 0 aliphatic heterocycles. The highest BCUT2D eigenvalue weighted by atomic mass is 79.9. The summed E-state index contributed by atoms with van der Waals surface area (Å²) in [5.74, 6) is 1.17. The Bertz CT molecular complexity index is 1030. The van der Waals surface area contributed by atoms with Crippen LogP contribution in [0.25, 0.3) is 5.82 Å². The maximum absolute atomic E-state index is 11.2. The minimum Gasteiger partial charge on any atom is -0.493 e. The molecule has 3 rings (SSSR count). The number of carboxylic acids is 1. The van der Waals surface area contributed by atoms with Crippen LogP contribution in [-0.4, -0.2) is 39.6 Å². The first kappa shape index (κ1) is 22.8. The number of halogens is 1. The molecular formula is C23H26BrN3O4. The maximum Gasteiger partial charge on any atom is 0.307 e. The van der Waals surface area contributed by atoms with Gasteiger partial charge in [-0.05, 0) is 58.5 Å². The van der Waals surface area contributed by atoms with Crippen LogP contribution in [0.5, 0.6) is 11.5 Å². The van der Waals surface area contributed by atoms with E-state index in [-0.39, 0.29) is 12.3 Å². The number of aryl methyl sites for hydroxylation is 1. The Morgan fingerprint density at radius 2 is 2.03 bits per heavy atom. The number of rotatable bonds is 10. The number of para-hydroxylation sites is 1. The molecule has 1 N–H and O–H groups in total. The Balaban J connectivity index is 1.70. The highest BCUT2D eigenvalue weighted by Crippen LogP contribution is 2.32. The van der Waals surface area contributed by atoms with Gasteiger partial charge in [-0.3, -0.25) is 4.79 Å². The molecule has 2 heterocycles. The summed E-state index contributed by atoms with van der Waals surface area (Å²) < 4.78 is 14.0. The van der Waals surface area contributed by atoms with Gasteiger partial charge in [0.1, 0.15) is 0 Å². The van der Waals surface area contributed by atoms with Crippen LogP contribution in [0.4, 0.5) is 0 Å². The number of hydrogen-bond donors (Lipinski definition) is 1. The molecule has 31 heavy (non-hydrogen) atoms. The molecule has 0 atom stereocenters. The van der Waals surface area contributed by atoms with Gasteiger partial charge in [-0.1, -0.05) is 26.0 Å². The van der Waals surface area contributed by atoms with Gasteiger partial charge >= 0.3 is 5.97 Å². The van der Waals surface area contributed by atoms with Crippen molar-refractivity contribution >= 4 is 21.9 Å².